The Morgan fingerprint density at radius 3 is 2.52 bits per heavy atom. The number of rotatable bonds is 5. The Balaban J connectivity index is 1.46. The zero-order chi connectivity index (χ0) is 20.2. The van der Waals surface area contributed by atoms with E-state index in [2.05, 4.69) is 20.3 Å². The third kappa shape index (κ3) is 4.11. The summed E-state index contributed by atoms with van der Waals surface area (Å²) in [6, 6.07) is 15.8. The van der Waals surface area contributed by atoms with Crippen molar-refractivity contribution < 1.29 is 9.53 Å². The van der Waals surface area contributed by atoms with E-state index in [1.54, 1.807) is 67.8 Å². The molecule has 144 valence electrons. The normalized spacial score (nSPS) is 10.7. The van der Waals surface area contributed by atoms with Crippen LogP contribution in [0.15, 0.2) is 71.8 Å². The van der Waals surface area contributed by atoms with Crippen LogP contribution >= 0.6 is 0 Å². The van der Waals surface area contributed by atoms with Crippen molar-refractivity contribution in [3.63, 3.8) is 0 Å². The molecule has 4 rings (SSSR count). The fraction of sp³-hybridized carbons (Fsp3) is 0.0952. The molecule has 8 heteroatoms. The van der Waals surface area contributed by atoms with Crippen molar-refractivity contribution in [2.45, 2.75) is 13.5 Å². The number of aromatic nitrogens is 4. The van der Waals surface area contributed by atoms with Crippen molar-refractivity contribution in [1.29, 1.82) is 0 Å². The maximum atomic E-state index is 12.7. The van der Waals surface area contributed by atoms with Crippen molar-refractivity contribution in [2.75, 3.05) is 5.32 Å². The lowest BCUT2D eigenvalue weighted by Gasteiger charge is -2.11. The number of benzene rings is 2. The van der Waals surface area contributed by atoms with E-state index in [1.165, 1.54) is 4.57 Å². The summed E-state index contributed by atoms with van der Waals surface area (Å²) in [6.45, 7) is 1.58. The zero-order valence-corrected chi connectivity index (χ0v) is 15.6. The third-order valence-corrected chi connectivity index (χ3v) is 4.24. The molecule has 4 aromatic rings. The lowest BCUT2D eigenvalue weighted by molar-refractivity contribution is -0.116. The van der Waals surface area contributed by atoms with E-state index in [0.29, 0.717) is 28.2 Å². The van der Waals surface area contributed by atoms with Crippen LogP contribution in [0.5, 0.6) is 11.8 Å². The summed E-state index contributed by atoms with van der Waals surface area (Å²) in [5, 5.41) is 3.25. The van der Waals surface area contributed by atoms with E-state index in [0.717, 1.165) is 0 Å². The van der Waals surface area contributed by atoms with Crippen LogP contribution in [-0.4, -0.2) is 25.4 Å². The number of amides is 1. The lowest BCUT2D eigenvalue weighted by atomic mass is 10.2. The van der Waals surface area contributed by atoms with Gasteiger partial charge < -0.3 is 10.1 Å². The van der Waals surface area contributed by atoms with Crippen LogP contribution in [0.3, 0.4) is 0 Å². The van der Waals surface area contributed by atoms with Crippen molar-refractivity contribution in [1.82, 2.24) is 19.5 Å². The van der Waals surface area contributed by atoms with Crippen molar-refractivity contribution in [2.24, 2.45) is 0 Å². The van der Waals surface area contributed by atoms with Gasteiger partial charge in [-0.05, 0) is 49.4 Å². The number of hydrogen-bond donors (Lipinski definition) is 1. The molecule has 2 heterocycles. The lowest BCUT2D eigenvalue weighted by Crippen LogP contribution is -2.30. The predicted molar refractivity (Wildman–Crippen MR) is 108 cm³/mol. The summed E-state index contributed by atoms with van der Waals surface area (Å²) in [6.07, 6.45) is 3.17. The van der Waals surface area contributed by atoms with Gasteiger partial charge in [-0.25, -0.2) is 15.0 Å². The second-order valence-corrected chi connectivity index (χ2v) is 6.27. The second kappa shape index (κ2) is 7.89. The summed E-state index contributed by atoms with van der Waals surface area (Å²) in [7, 11) is 0. The number of para-hydroxylation sites is 1. The van der Waals surface area contributed by atoms with Crippen LogP contribution in [-0.2, 0) is 11.3 Å². The molecule has 0 saturated carbocycles. The molecular weight excluding hydrogens is 370 g/mol. The Bertz CT molecular complexity index is 1220. The van der Waals surface area contributed by atoms with Crippen LogP contribution in [0, 0.1) is 6.92 Å². The van der Waals surface area contributed by atoms with Crippen LogP contribution in [0.1, 0.15) is 5.82 Å². The number of hydrogen-bond acceptors (Lipinski definition) is 6. The SMILES string of the molecule is Cc1nc2ccccc2c(=O)n1CC(=O)Nc1ccc(Oc2ncccn2)cc1. The van der Waals surface area contributed by atoms with Gasteiger partial charge in [-0.3, -0.25) is 14.2 Å². The first-order chi connectivity index (χ1) is 14.1. The standard InChI is InChI=1S/C21H17N5O3/c1-14-24-18-6-3-2-5-17(18)20(28)26(14)13-19(27)25-15-7-9-16(10-8-15)29-21-22-11-4-12-23-21/h2-12H,13H2,1H3,(H,25,27). The van der Waals surface area contributed by atoms with Crippen molar-refractivity contribution in [3.05, 3.63) is 83.2 Å². The highest BCUT2D eigenvalue weighted by molar-refractivity contribution is 5.90. The van der Waals surface area contributed by atoms with E-state index in [9.17, 15) is 9.59 Å². The highest BCUT2D eigenvalue weighted by Crippen LogP contribution is 2.19. The highest BCUT2D eigenvalue weighted by Gasteiger charge is 2.11. The fourth-order valence-corrected chi connectivity index (χ4v) is 2.86. The van der Waals surface area contributed by atoms with Gasteiger partial charge in [-0.1, -0.05) is 12.1 Å². The molecule has 0 radical (unpaired) electrons. The molecule has 0 aliphatic heterocycles. The summed E-state index contributed by atoms with van der Waals surface area (Å²) in [5.74, 6) is 0.697. The molecule has 0 unspecified atom stereocenters. The smallest absolute Gasteiger partial charge is 0.321 e. The molecule has 0 saturated heterocycles. The first-order valence-electron chi connectivity index (χ1n) is 8.91. The Morgan fingerprint density at radius 2 is 1.76 bits per heavy atom. The number of fused-ring (bicyclic) bond motifs is 1. The maximum absolute atomic E-state index is 12.7. The molecule has 2 aromatic carbocycles. The molecule has 0 aliphatic rings. The Labute approximate surface area is 165 Å². The predicted octanol–water partition coefficient (Wildman–Crippen LogP) is 2.93. The van der Waals surface area contributed by atoms with Gasteiger partial charge in [0, 0.05) is 18.1 Å². The van der Waals surface area contributed by atoms with Gasteiger partial charge in [0.1, 0.15) is 18.1 Å². The number of carbonyl (C=O) groups excluding carboxylic acids is 1. The molecule has 0 bridgehead atoms. The minimum Gasteiger partial charge on any atom is -0.424 e. The maximum Gasteiger partial charge on any atom is 0.321 e. The molecule has 2 aromatic heterocycles. The molecular formula is C21H17N5O3. The zero-order valence-electron chi connectivity index (χ0n) is 15.6. The van der Waals surface area contributed by atoms with Crippen molar-refractivity contribution >= 4 is 22.5 Å². The summed E-state index contributed by atoms with van der Waals surface area (Å²) >= 11 is 0. The number of ether oxygens (including phenoxy) is 1. The number of carbonyl (C=O) groups is 1. The third-order valence-electron chi connectivity index (χ3n) is 4.24. The number of anilines is 1. The van der Waals surface area contributed by atoms with Gasteiger partial charge in [-0.2, -0.15) is 0 Å². The van der Waals surface area contributed by atoms with Crippen LogP contribution in [0.4, 0.5) is 5.69 Å². The number of aryl methyl sites for hydroxylation is 1. The van der Waals surface area contributed by atoms with E-state index in [4.69, 9.17) is 4.74 Å². The van der Waals surface area contributed by atoms with Crippen LogP contribution in [0.2, 0.25) is 0 Å². The monoisotopic (exact) mass is 387 g/mol. The average molecular weight is 387 g/mol. The van der Waals surface area contributed by atoms with Gasteiger partial charge in [0.2, 0.25) is 5.91 Å². The summed E-state index contributed by atoms with van der Waals surface area (Å²) in [5.41, 5.74) is 0.954. The van der Waals surface area contributed by atoms with Gasteiger partial charge in [0.05, 0.1) is 10.9 Å². The van der Waals surface area contributed by atoms with E-state index in [-0.39, 0.29) is 24.0 Å². The van der Waals surface area contributed by atoms with Gasteiger partial charge in [0.25, 0.3) is 5.56 Å². The molecule has 0 atom stereocenters. The van der Waals surface area contributed by atoms with E-state index in [1.807, 2.05) is 6.07 Å². The molecule has 0 aliphatic carbocycles. The van der Waals surface area contributed by atoms with Crippen LogP contribution in [0.25, 0.3) is 10.9 Å². The first kappa shape index (κ1) is 18.3. The minimum absolute atomic E-state index is 0.126. The highest BCUT2D eigenvalue weighted by atomic mass is 16.5. The van der Waals surface area contributed by atoms with Crippen LogP contribution < -0.4 is 15.6 Å². The molecule has 0 spiro atoms. The molecule has 1 N–H and O–H groups in total. The Morgan fingerprint density at radius 1 is 1.03 bits per heavy atom. The summed E-state index contributed by atoms with van der Waals surface area (Å²) < 4.78 is 6.88. The topological polar surface area (TPSA) is 99.0 Å². The molecule has 1 amide bonds. The van der Waals surface area contributed by atoms with Gasteiger partial charge in [-0.15, -0.1) is 0 Å². The summed E-state index contributed by atoms with van der Waals surface area (Å²) in [4.78, 5) is 37.5. The Kier molecular flexibility index (Phi) is 4.98. The van der Waals surface area contributed by atoms with Gasteiger partial charge in [0.15, 0.2) is 0 Å². The minimum atomic E-state index is -0.327. The Hall–Kier alpha value is -4.07. The molecule has 29 heavy (non-hydrogen) atoms. The largest absolute Gasteiger partial charge is 0.424 e. The van der Waals surface area contributed by atoms with Gasteiger partial charge >= 0.3 is 6.01 Å². The fourth-order valence-electron chi connectivity index (χ4n) is 2.86. The quantitative estimate of drug-likeness (QED) is 0.565. The first-order valence-corrected chi connectivity index (χ1v) is 8.91. The average Bonchev–Trinajstić information content (AvgIpc) is 2.73. The number of nitrogens with one attached hydrogen (secondary N) is 1. The second-order valence-electron chi connectivity index (χ2n) is 6.27. The van der Waals surface area contributed by atoms with Crippen molar-refractivity contribution in [3.8, 4) is 11.8 Å². The van der Waals surface area contributed by atoms with E-state index >= 15 is 0 Å². The van der Waals surface area contributed by atoms with E-state index < -0.39 is 0 Å². The number of nitrogens with zero attached hydrogens (tertiary/aromatic N) is 4. The molecule has 0 fully saturated rings. The molecule has 8 nitrogen and oxygen atoms in total.